The minimum absolute atomic E-state index is 0.136. The Morgan fingerprint density at radius 3 is 2.57 bits per heavy atom. The van der Waals surface area contributed by atoms with Gasteiger partial charge in [0.2, 0.25) is 11.7 Å². The Labute approximate surface area is 248 Å². The lowest BCUT2D eigenvalue weighted by Crippen LogP contribution is -2.45. The van der Waals surface area contributed by atoms with E-state index in [2.05, 4.69) is 16.8 Å². The quantitative estimate of drug-likeness (QED) is 0.239. The van der Waals surface area contributed by atoms with Gasteiger partial charge in [-0.15, -0.1) is 0 Å². The lowest BCUT2D eigenvalue weighted by Gasteiger charge is -2.29. The summed E-state index contributed by atoms with van der Waals surface area (Å²) in [5, 5.41) is 3.57. The van der Waals surface area contributed by atoms with E-state index in [1.54, 1.807) is 28.8 Å². The summed E-state index contributed by atoms with van der Waals surface area (Å²) in [6.45, 7) is 4.35. The van der Waals surface area contributed by atoms with Crippen molar-refractivity contribution in [2.45, 2.75) is 51.6 Å². The van der Waals surface area contributed by atoms with E-state index in [4.69, 9.17) is 21.3 Å². The molecule has 1 N–H and O–H groups in total. The number of fused-ring (bicyclic) bond motifs is 1. The fourth-order valence-corrected chi connectivity index (χ4v) is 5.53. The third kappa shape index (κ3) is 6.42. The molecular weight excluding hydrogens is 560 g/mol. The van der Waals surface area contributed by atoms with Crippen LogP contribution in [0.15, 0.2) is 53.5 Å². The van der Waals surface area contributed by atoms with E-state index in [1.165, 1.54) is 12.2 Å². The van der Waals surface area contributed by atoms with Gasteiger partial charge in [-0.2, -0.15) is 0 Å². The van der Waals surface area contributed by atoms with Crippen LogP contribution < -0.4 is 15.8 Å². The Morgan fingerprint density at radius 1 is 1.07 bits per heavy atom. The number of hydrogen-bond donors (Lipinski definition) is 1. The smallest absolute Gasteiger partial charge is 0.261 e. The van der Waals surface area contributed by atoms with Crippen LogP contribution >= 0.6 is 11.6 Å². The molecule has 11 nitrogen and oxygen atoms in total. The number of carbonyl (C=O) groups is 3. The summed E-state index contributed by atoms with van der Waals surface area (Å²) in [4.78, 5) is 57.8. The van der Waals surface area contributed by atoms with Gasteiger partial charge in [-0.3, -0.25) is 33.0 Å². The minimum Gasteiger partial charge on any atom is -0.378 e. The molecule has 3 amide bonds. The SMILES string of the molecule is CCCCCn1c(N2CCC[C@H]2C(=O)NCCOCCN2C(=O)C=CC2=O)cc(=O)n2cc(-c3ccc(Cl)cc3)nc12. The van der Waals surface area contributed by atoms with Crippen molar-refractivity contribution in [3.8, 4) is 11.3 Å². The molecule has 1 aromatic carbocycles. The number of halogens is 1. The molecule has 0 aliphatic carbocycles. The second-order valence-corrected chi connectivity index (χ2v) is 10.9. The molecule has 4 heterocycles. The van der Waals surface area contributed by atoms with E-state index in [9.17, 15) is 19.2 Å². The van der Waals surface area contributed by atoms with Gasteiger partial charge in [0, 0.05) is 54.6 Å². The molecule has 1 fully saturated rings. The van der Waals surface area contributed by atoms with Crippen LogP contribution in [0, 0.1) is 0 Å². The number of hydrogen-bond acceptors (Lipinski definition) is 7. The summed E-state index contributed by atoms with van der Waals surface area (Å²) in [5.41, 5.74) is 1.33. The summed E-state index contributed by atoms with van der Waals surface area (Å²) >= 11 is 6.07. The van der Waals surface area contributed by atoms with Gasteiger partial charge >= 0.3 is 0 Å². The number of nitrogens with zero attached hydrogens (tertiary/aromatic N) is 5. The van der Waals surface area contributed by atoms with Gasteiger partial charge in [-0.25, -0.2) is 4.98 Å². The van der Waals surface area contributed by atoms with Gasteiger partial charge in [-0.1, -0.05) is 43.5 Å². The maximum atomic E-state index is 13.3. The molecular formula is C30H35ClN6O5. The average Bonchev–Trinajstić information content (AvgIpc) is 3.72. The van der Waals surface area contributed by atoms with Crippen LogP contribution in [-0.2, 0) is 25.7 Å². The predicted octanol–water partition coefficient (Wildman–Crippen LogP) is 3.03. The largest absolute Gasteiger partial charge is 0.378 e. The molecule has 2 aliphatic rings. The van der Waals surface area contributed by atoms with E-state index in [0.717, 1.165) is 36.1 Å². The molecule has 222 valence electrons. The third-order valence-corrected chi connectivity index (χ3v) is 7.83. The molecule has 2 aliphatic heterocycles. The zero-order valence-electron chi connectivity index (χ0n) is 23.6. The molecule has 0 radical (unpaired) electrons. The molecule has 0 bridgehead atoms. The molecule has 1 atom stereocenters. The summed E-state index contributed by atoms with van der Waals surface area (Å²) < 4.78 is 9.16. The standard InChI is InChI=1S/C30H35ClN6O5/c1-2-3-4-14-35-25(19-28(40)37-20-23(33-30(35)37)21-7-9-22(31)10-8-21)34-15-5-6-24(34)29(41)32-13-17-42-18-16-36-26(38)11-12-27(36)39/h7-12,19-20,24H,2-6,13-18H2,1H3,(H,32,41)/t24-/m0/s1. The zero-order valence-corrected chi connectivity index (χ0v) is 24.4. The Hall–Kier alpha value is -3.96. The number of ether oxygens (including phenoxy) is 1. The topological polar surface area (TPSA) is 118 Å². The molecule has 42 heavy (non-hydrogen) atoms. The highest BCUT2D eigenvalue weighted by molar-refractivity contribution is 6.30. The lowest BCUT2D eigenvalue weighted by molar-refractivity contribution is -0.137. The number of imidazole rings is 1. The Balaban J connectivity index is 1.29. The van der Waals surface area contributed by atoms with Crippen molar-refractivity contribution in [2.75, 3.05) is 37.7 Å². The summed E-state index contributed by atoms with van der Waals surface area (Å²) in [6, 6.07) is 8.53. The van der Waals surface area contributed by atoms with E-state index >= 15 is 0 Å². The molecule has 5 rings (SSSR count). The number of carbonyl (C=O) groups excluding carboxylic acids is 3. The highest BCUT2D eigenvalue weighted by atomic mass is 35.5. The number of unbranched alkanes of at least 4 members (excludes halogenated alkanes) is 2. The Morgan fingerprint density at radius 2 is 1.83 bits per heavy atom. The number of aryl methyl sites for hydroxylation is 1. The van der Waals surface area contributed by atoms with Crippen LogP contribution in [0.3, 0.4) is 0 Å². The number of anilines is 1. The maximum Gasteiger partial charge on any atom is 0.261 e. The third-order valence-electron chi connectivity index (χ3n) is 7.58. The molecule has 0 unspecified atom stereocenters. The predicted molar refractivity (Wildman–Crippen MR) is 159 cm³/mol. The van der Waals surface area contributed by atoms with Crippen molar-refractivity contribution < 1.29 is 19.1 Å². The first-order chi connectivity index (χ1) is 20.4. The number of imide groups is 1. The number of nitrogens with one attached hydrogen (secondary N) is 1. The van der Waals surface area contributed by atoms with Crippen molar-refractivity contribution in [2.24, 2.45) is 0 Å². The van der Waals surface area contributed by atoms with E-state index < -0.39 is 6.04 Å². The summed E-state index contributed by atoms with van der Waals surface area (Å²) in [7, 11) is 0. The van der Waals surface area contributed by atoms with E-state index in [-0.39, 0.29) is 49.6 Å². The van der Waals surface area contributed by atoms with Gasteiger partial charge in [0.05, 0.1) is 25.5 Å². The van der Waals surface area contributed by atoms with Crippen molar-refractivity contribution in [3.05, 3.63) is 64.1 Å². The van der Waals surface area contributed by atoms with Crippen LogP contribution in [0.1, 0.15) is 39.0 Å². The van der Waals surface area contributed by atoms with E-state index in [1.807, 2.05) is 17.0 Å². The number of rotatable bonds is 13. The van der Waals surface area contributed by atoms with Gasteiger partial charge in [0.25, 0.3) is 17.4 Å². The van der Waals surface area contributed by atoms with Crippen LogP contribution in [0.2, 0.25) is 5.02 Å². The van der Waals surface area contributed by atoms with Gasteiger partial charge in [0.1, 0.15) is 11.9 Å². The summed E-state index contributed by atoms with van der Waals surface area (Å²) in [6.07, 6.45) is 8.71. The van der Waals surface area contributed by atoms with Crippen molar-refractivity contribution in [1.82, 2.24) is 24.2 Å². The fourth-order valence-electron chi connectivity index (χ4n) is 5.40. The van der Waals surface area contributed by atoms with Crippen molar-refractivity contribution in [1.29, 1.82) is 0 Å². The molecule has 12 heteroatoms. The molecule has 0 spiro atoms. The van der Waals surface area contributed by atoms with Crippen molar-refractivity contribution >= 4 is 40.9 Å². The number of amides is 3. The van der Waals surface area contributed by atoms with Crippen LogP contribution in [-0.4, -0.2) is 75.5 Å². The fraction of sp³-hybridized carbons (Fsp3) is 0.433. The van der Waals surface area contributed by atoms with Crippen molar-refractivity contribution in [3.63, 3.8) is 0 Å². The highest BCUT2D eigenvalue weighted by Gasteiger charge is 2.33. The first-order valence-corrected chi connectivity index (χ1v) is 14.8. The normalized spacial score (nSPS) is 16.8. The van der Waals surface area contributed by atoms with Crippen LogP contribution in [0.5, 0.6) is 0 Å². The lowest BCUT2D eigenvalue weighted by atomic mass is 10.2. The first kappa shape index (κ1) is 29.5. The van der Waals surface area contributed by atoms with E-state index in [0.29, 0.717) is 41.8 Å². The average molecular weight is 595 g/mol. The molecule has 3 aromatic rings. The Kier molecular flexibility index (Phi) is 9.38. The molecule has 0 saturated carbocycles. The first-order valence-electron chi connectivity index (χ1n) is 14.4. The second kappa shape index (κ2) is 13.3. The molecule has 1 saturated heterocycles. The van der Waals surface area contributed by atoms with Crippen LogP contribution in [0.25, 0.3) is 17.0 Å². The van der Waals surface area contributed by atoms with Gasteiger partial charge in [0.15, 0.2) is 0 Å². The summed E-state index contributed by atoms with van der Waals surface area (Å²) in [5.74, 6) is 0.410. The van der Waals surface area contributed by atoms with Crippen LogP contribution in [0.4, 0.5) is 5.82 Å². The van der Waals surface area contributed by atoms with Gasteiger partial charge < -0.3 is 15.0 Å². The minimum atomic E-state index is -0.430. The Bertz CT molecular complexity index is 1530. The highest BCUT2D eigenvalue weighted by Crippen LogP contribution is 2.28. The zero-order chi connectivity index (χ0) is 29.6. The molecule has 2 aromatic heterocycles. The number of benzene rings is 1. The second-order valence-electron chi connectivity index (χ2n) is 10.4. The maximum absolute atomic E-state index is 13.3. The number of aromatic nitrogens is 3. The van der Waals surface area contributed by atoms with Gasteiger partial charge in [-0.05, 0) is 31.4 Å². The monoisotopic (exact) mass is 594 g/mol.